The maximum Gasteiger partial charge on any atom is 0.224 e. The smallest absolute Gasteiger partial charge is 0.224 e. The lowest BCUT2D eigenvalue weighted by molar-refractivity contribution is 0.481. The predicted octanol–water partition coefficient (Wildman–Crippen LogP) is 3.66. The van der Waals surface area contributed by atoms with E-state index < -0.39 is 0 Å². The molecule has 2 N–H and O–H groups in total. The lowest BCUT2D eigenvalue weighted by Crippen LogP contribution is -2.24. The SMILES string of the molecule is CCNc1ncc(Br)c(NC(C)C2CCCC2)n1. The van der Waals surface area contributed by atoms with Crippen LogP contribution in [0.15, 0.2) is 10.7 Å². The zero-order valence-corrected chi connectivity index (χ0v) is 12.6. The second kappa shape index (κ2) is 6.36. The lowest BCUT2D eigenvalue weighted by Gasteiger charge is -2.21. The fourth-order valence-electron chi connectivity index (χ4n) is 2.50. The van der Waals surface area contributed by atoms with E-state index in [1.165, 1.54) is 25.7 Å². The first kappa shape index (κ1) is 13.6. The van der Waals surface area contributed by atoms with E-state index in [-0.39, 0.29) is 0 Å². The summed E-state index contributed by atoms with van der Waals surface area (Å²) in [6, 6.07) is 0.466. The number of aromatic nitrogens is 2. The third-order valence-corrected chi connectivity index (χ3v) is 4.13. The maximum atomic E-state index is 4.49. The van der Waals surface area contributed by atoms with E-state index >= 15 is 0 Å². The van der Waals surface area contributed by atoms with Gasteiger partial charge in [-0.25, -0.2) is 4.98 Å². The Morgan fingerprint density at radius 3 is 2.83 bits per heavy atom. The van der Waals surface area contributed by atoms with Gasteiger partial charge in [-0.1, -0.05) is 12.8 Å². The van der Waals surface area contributed by atoms with E-state index in [1.54, 1.807) is 6.20 Å². The van der Waals surface area contributed by atoms with Crippen LogP contribution in [0, 0.1) is 5.92 Å². The van der Waals surface area contributed by atoms with Gasteiger partial charge in [0.25, 0.3) is 0 Å². The van der Waals surface area contributed by atoms with Gasteiger partial charge in [-0.05, 0) is 48.5 Å². The first-order valence-corrected chi connectivity index (χ1v) is 7.53. The number of hydrogen-bond acceptors (Lipinski definition) is 4. The standard InChI is InChI=1S/C13H21BrN4/c1-3-15-13-16-8-11(14)12(18-13)17-9(2)10-6-4-5-7-10/h8-10H,3-7H2,1-2H3,(H2,15,16,17,18). The Morgan fingerprint density at radius 2 is 2.17 bits per heavy atom. The van der Waals surface area contributed by atoms with Crippen molar-refractivity contribution in [3.8, 4) is 0 Å². The summed E-state index contributed by atoms with van der Waals surface area (Å²) in [5.74, 6) is 2.34. The van der Waals surface area contributed by atoms with Gasteiger partial charge in [0.1, 0.15) is 5.82 Å². The molecule has 1 fully saturated rings. The van der Waals surface area contributed by atoms with E-state index in [9.17, 15) is 0 Å². The van der Waals surface area contributed by atoms with Crippen LogP contribution in [0.1, 0.15) is 39.5 Å². The van der Waals surface area contributed by atoms with Crippen molar-refractivity contribution >= 4 is 27.7 Å². The summed E-state index contributed by atoms with van der Waals surface area (Å²) in [5, 5.41) is 6.65. The van der Waals surface area contributed by atoms with Gasteiger partial charge in [0.05, 0.1) is 4.47 Å². The molecular weight excluding hydrogens is 292 g/mol. The number of nitrogens with one attached hydrogen (secondary N) is 2. The van der Waals surface area contributed by atoms with Crippen LogP contribution in [-0.2, 0) is 0 Å². The minimum absolute atomic E-state index is 0.466. The van der Waals surface area contributed by atoms with Crippen LogP contribution in [0.3, 0.4) is 0 Å². The summed E-state index contributed by atoms with van der Waals surface area (Å²) in [6.45, 7) is 5.12. The van der Waals surface area contributed by atoms with Gasteiger partial charge in [0, 0.05) is 18.8 Å². The molecule has 0 radical (unpaired) electrons. The van der Waals surface area contributed by atoms with Crippen LogP contribution in [0.25, 0.3) is 0 Å². The molecule has 2 rings (SSSR count). The van der Waals surface area contributed by atoms with Gasteiger partial charge in [0.15, 0.2) is 0 Å². The Balaban J connectivity index is 2.04. The molecule has 1 aliphatic rings. The second-order valence-electron chi connectivity index (χ2n) is 4.90. The van der Waals surface area contributed by atoms with Crippen molar-refractivity contribution in [3.63, 3.8) is 0 Å². The monoisotopic (exact) mass is 312 g/mol. The van der Waals surface area contributed by atoms with E-state index in [2.05, 4.69) is 43.5 Å². The van der Waals surface area contributed by atoms with Crippen LogP contribution in [0.4, 0.5) is 11.8 Å². The van der Waals surface area contributed by atoms with E-state index in [0.717, 1.165) is 22.8 Å². The van der Waals surface area contributed by atoms with Crippen molar-refractivity contribution in [2.75, 3.05) is 17.2 Å². The van der Waals surface area contributed by atoms with Crippen molar-refractivity contribution in [1.82, 2.24) is 9.97 Å². The van der Waals surface area contributed by atoms with Crippen LogP contribution in [0.2, 0.25) is 0 Å². The summed E-state index contributed by atoms with van der Waals surface area (Å²) < 4.78 is 0.925. The third-order valence-electron chi connectivity index (χ3n) is 3.55. The predicted molar refractivity (Wildman–Crippen MR) is 78.9 cm³/mol. The first-order chi connectivity index (χ1) is 8.70. The molecule has 5 heteroatoms. The van der Waals surface area contributed by atoms with Crippen molar-refractivity contribution in [1.29, 1.82) is 0 Å². The summed E-state index contributed by atoms with van der Waals surface area (Å²) in [5.41, 5.74) is 0. The Kier molecular flexibility index (Phi) is 4.80. The number of nitrogens with zero attached hydrogens (tertiary/aromatic N) is 2. The van der Waals surface area contributed by atoms with Crippen molar-refractivity contribution in [3.05, 3.63) is 10.7 Å². The lowest BCUT2D eigenvalue weighted by atomic mass is 10.00. The molecule has 0 aliphatic heterocycles. The van der Waals surface area contributed by atoms with Gasteiger partial charge in [-0.3, -0.25) is 0 Å². The van der Waals surface area contributed by atoms with Crippen LogP contribution >= 0.6 is 15.9 Å². The zero-order chi connectivity index (χ0) is 13.0. The number of halogens is 1. The average molecular weight is 313 g/mol. The highest BCUT2D eigenvalue weighted by molar-refractivity contribution is 9.10. The topological polar surface area (TPSA) is 49.8 Å². The number of anilines is 2. The molecule has 0 saturated heterocycles. The van der Waals surface area contributed by atoms with Crippen LogP contribution in [-0.4, -0.2) is 22.6 Å². The summed E-state index contributed by atoms with van der Waals surface area (Å²) in [4.78, 5) is 8.72. The van der Waals surface area contributed by atoms with Crippen molar-refractivity contribution in [2.45, 2.75) is 45.6 Å². The van der Waals surface area contributed by atoms with Crippen LogP contribution < -0.4 is 10.6 Å². The third kappa shape index (κ3) is 3.34. The van der Waals surface area contributed by atoms with Crippen LogP contribution in [0.5, 0.6) is 0 Å². The summed E-state index contributed by atoms with van der Waals surface area (Å²) in [7, 11) is 0. The average Bonchev–Trinajstić information content (AvgIpc) is 2.87. The molecule has 100 valence electrons. The van der Waals surface area contributed by atoms with Gasteiger partial charge in [-0.15, -0.1) is 0 Å². The molecule has 1 aromatic rings. The highest BCUT2D eigenvalue weighted by atomic mass is 79.9. The zero-order valence-electron chi connectivity index (χ0n) is 11.0. The Bertz CT molecular complexity index is 391. The maximum absolute atomic E-state index is 4.49. The molecule has 0 amide bonds. The molecule has 1 saturated carbocycles. The highest BCUT2D eigenvalue weighted by Crippen LogP contribution is 2.30. The van der Waals surface area contributed by atoms with Gasteiger partial charge in [-0.2, -0.15) is 4.98 Å². The molecule has 0 aromatic carbocycles. The minimum atomic E-state index is 0.466. The summed E-state index contributed by atoms with van der Waals surface area (Å²) >= 11 is 3.50. The molecule has 0 spiro atoms. The molecule has 18 heavy (non-hydrogen) atoms. The largest absolute Gasteiger partial charge is 0.366 e. The van der Waals surface area contributed by atoms with E-state index in [1.807, 2.05) is 6.92 Å². The van der Waals surface area contributed by atoms with Crippen molar-refractivity contribution in [2.24, 2.45) is 5.92 Å². The number of rotatable bonds is 5. The molecule has 1 aromatic heterocycles. The number of hydrogen-bond donors (Lipinski definition) is 2. The molecule has 1 heterocycles. The molecule has 1 aliphatic carbocycles. The second-order valence-corrected chi connectivity index (χ2v) is 5.75. The van der Waals surface area contributed by atoms with Gasteiger partial charge >= 0.3 is 0 Å². The molecule has 1 unspecified atom stereocenters. The highest BCUT2D eigenvalue weighted by Gasteiger charge is 2.22. The molecular formula is C13H21BrN4. The Labute approximate surface area is 117 Å². The molecule has 1 atom stereocenters. The van der Waals surface area contributed by atoms with Gasteiger partial charge in [0.2, 0.25) is 5.95 Å². The Hall–Kier alpha value is -0.840. The molecule has 4 nitrogen and oxygen atoms in total. The van der Waals surface area contributed by atoms with E-state index in [4.69, 9.17) is 0 Å². The fraction of sp³-hybridized carbons (Fsp3) is 0.692. The van der Waals surface area contributed by atoms with E-state index in [0.29, 0.717) is 12.0 Å². The fourth-order valence-corrected chi connectivity index (χ4v) is 2.81. The first-order valence-electron chi connectivity index (χ1n) is 6.73. The molecule has 0 bridgehead atoms. The quantitative estimate of drug-likeness (QED) is 0.871. The normalized spacial score (nSPS) is 17.7. The minimum Gasteiger partial charge on any atom is -0.366 e. The summed E-state index contributed by atoms with van der Waals surface area (Å²) in [6.07, 6.45) is 7.19. The van der Waals surface area contributed by atoms with Gasteiger partial charge < -0.3 is 10.6 Å². The van der Waals surface area contributed by atoms with Crippen molar-refractivity contribution < 1.29 is 0 Å². The Morgan fingerprint density at radius 1 is 1.44 bits per heavy atom.